The molecule has 0 aromatic heterocycles. The summed E-state index contributed by atoms with van der Waals surface area (Å²) in [6.07, 6.45) is 0. The van der Waals surface area contributed by atoms with Crippen molar-refractivity contribution in [2.24, 2.45) is 0 Å². The van der Waals surface area contributed by atoms with E-state index >= 15 is 0 Å². The molecule has 0 amide bonds. The Morgan fingerprint density at radius 2 is 2.55 bits per heavy atom. The van der Waals surface area contributed by atoms with Crippen LogP contribution in [0.1, 0.15) is 24.0 Å². The largest absolute Gasteiger partial charge is 0.376 e. The molecule has 1 nitrogen and oxygen atoms in total. The van der Waals surface area contributed by atoms with E-state index in [0.717, 1.165) is 13.2 Å². The predicted molar refractivity (Wildman–Crippen MR) is 43.3 cm³/mol. The minimum absolute atomic E-state index is 0.514. The highest BCUT2D eigenvalue weighted by Crippen LogP contribution is 2.24. The van der Waals surface area contributed by atoms with Gasteiger partial charge in [0, 0.05) is 5.92 Å². The lowest BCUT2D eigenvalue weighted by atomic mass is 9.95. The molecule has 0 aliphatic carbocycles. The molecule has 0 spiro atoms. The summed E-state index contributed by atoms with van der Waals surface area (Å²) in [5, 5.41) is 0. The van der Waals surface area contributed by atoms with Gasteiger partial charge in [-0.2, -0.15) is 0 Å². The average Bonchev–Trinajstić information content (AvgIpc) is 2.06. The van der Waals surface area contributed by atoms with E-state index in [9.17, 15) is 0 Å². The van der Waals surface area contributed by atoms with E-state index in [-0.39, 0.29) is 0 Å². The van der Waals surface area contributed by atoms with Gasteiger partial charge in [-0.3, -0.25) is 0 Å². The fourth-order valence-corrected chi connectivity index (χ4v) is 1.50. The van der Waals surface area contributed by atoms with Crippen molar-refractivity contribution in [3.63, 3.8) is 0 Å². The SMILES string of the molecule is CC1COCc2ccc[c]c21. The third-order valence-electron chi connectivity index (χ3n) is 2.10. The van der Waals surface area contributed by atoms with Gasteiger partial charge >= 0.3 is 0 Å². The van der Waals surface area contributed by atoms with Crippen LogP contribution in [0.4, 0.5) is 0 Å². The fourth-order valence-electron chi connectivity index (χ4n) is 1.50. The van der Waals surface area contributed by atoms with Crippen LogP contribution in [0.5, 0.6) is 0 Å². The minimum atomic E-state index is 0.514. The number of benzene rings is 1. The molecule has 0 N–H and O–H groups in total. The van der Waals surface area contributed by atoms with Crippen LogP contribution < -0.4 is 0 Å². The summed E-state index contributed by atoms with van der Waals surface area (Å²) in [6, 6.07) is 9.36. The normalized spacial score (nSPS) is 22.8. The van der Waals surface area contributed by atoms with E-state index in [2.05, 4.69) is 19.1 Å². The van der Waals surface area contributed by atoms with Crippen molar-refractivity contribution < 1.29 is 4.74 Å². The van der Waals surface area contributed by atoms with Gasteiger partial charge in [0.1, 0.15) is 0 Å². The first-order valence-corrected chi connectivity index (χ1v) is 3.95. The molecule has 1 unspecified atom stereocenters. The molecule has 0 fully saturated rings. The van der Waals surface area contributed by atoms with Crippen molar-refractivity contribution in [3.8, 4) is 0 Å². The van der Waals surface area contributed by atoms with Crippen molar-refractivity contribution >= 4 is 0 Å². The van der Waals surface area contributed by atoms with Crippen molar-refractivity contribution in [1.29, 1.82) is 0 Å². The molecule has 1 heteroatoms. The Balaban J connectivity index is 2.44. The average molecular weight is 147 g/mol. The highest BCUT2D eigenvalue weighted by Gasteiger charge is 2.15. The maximum Gasteiger partial charge on any atom is 0.0720 e. The van der Waals surface area contributed by atoms with Crippen LogP contribution in [0, 0.1) is 6.07 Å². The molecule has 1 atom stereocenters. The summed E-state index contributed by atoms with van der Waals surface area (Å²) in [5.74, 6) is 0.514. The lowest BCUT2D eigenvalue weighted by Gasteiger charge is -2.21. The zero-order valence-electron chi connectivity index (χ0n) is 6.63. The highest BCUT2D eigenvalue weighted by atomic mass is 16.5. The molecule has 0 bridgehead atoms. The first kappa shape index (κ1) is 6.86. The van der Waals surface area contributed by atoms with Gasteiger partial charge in [0.2, 0.25) is 0 Å². The molecule has 0 saturated heterocycles. The molecule has 2 rings (SSSR count). The molecule has 1 aromatic carbocycles. The summed E-state index contributed by atoms with van der Waals surface area (Å²) in [7, 11) is 0. The summed E-state index contributed by atoms with van der Waals surface area (Å²) in [5.41, 5.74) is 2.63. The molecule has 1 heterocycles. The summed E-state index contributed by atoms with van der Waals surface area (Å²) in [4.78, 5) is 0. The van der Waals surface area contributed by atoms with E-state index in [1.807, 2.05) is 12.1 Å². The van der Waals surface area contributed by atoms with E-state index in [1.165, 1.54) is 11.1 Å². The molecular formula is C10H11O. The van der Waals surface area contributed by atoms with Crippen molar-refractivity contribution in [2.75, 3.05) is 6.61 Å². The highest BCUT2D eigenvalue weighted by molar-refractivity contribution is 5.29. The minimum Gasteiger partial charge on any atom is -0.376 e. The predicted octanol–water partition coefficient (Wildman–Crippen LogP) is 2.12. The van der Waals surface area contributed by atoms with Crippen molar-refractivity contribution in [3.05, 3.63) is 35.4 Å². The Kier molecular flexibility index (Phi) is 1.66. The Hall–Kier alpha value is -0.820. The van der Waals surface area contributed by atoms with Crippen LogP contribution >= 0.6 is 0 Å². The maximum atomic E-state index is 5.39. The second-order valence-corrected chi connectivity index (χ2v) is 3.03. The molecule has 0 saturated carbocycles. The molecule has 57 valence electrons. The number of fused-ring (bicyclic) bond motifs is 1. The molecule has 1 radical (unpaired) electrons. The van der Waals surface area contributed by atoms with Gasteiger partial charge in [-0.05, 0) is 17.2 Å². The third kappa shape index (κ3) is 1.16. The Morgan fingerprint density at radius 3 is 3.36 bits per heavy atom. The van der Waals surface area contributed by atoms with Crippen molar-refractivity contribution in [2.45, 2.75) is 19.4 Å². The van der Waals surface area contributed by atoms with E-state index < -0.39 is 0 Å². The smallest absolute Gasteiger partial charge is 0.0720 e. The number of rotatable bonds is 0. The number of ether oxygens (including phenoxy) is 1. The second kappa shape index (κ2) is 2.67. The van der Waals surface area contributed by atoms with Gasteiger partial charge in [-0.1, -0.05) is 25.1 Å². The van der Waals surface area contributed by atoms with Gasteiger partial charge in [-0.25, -0.2) is 0 Å². The van der Waals surface area contributed by atoms with E-state index in [1.54, 1.807) is 0 Å². The van der Waals surface area contributed by atoms with Gasteiger partial charge < -0.3 is 4.74 Å². The molecular weight excluding hydrogens is 136 g/mol. The fraction of sp³-hybridized carbons (Fsp3) is 0.400. The zero-order valence-corrected chi connectivity index (χ0v) is 6.63. The van der Waals surface area contributed by atoms with Gasteiger partial charge in [-0.15, -0.1) is 0 Å². The lowest BCUT2D eigenvalue weighted by Crippen LogP contribution is -2.13. The molecule has 1 aliphatic rings. The number of hydrogen-bond donors (Lipinski definition) is 0. The first-order chi connectivity index (χ1) is 5.38. The lowest BCUT2D eigenvalue weighted by molar-refractivity contribution is 0.0950. The Morgan fingerprint density at radius 1 is 1.64 bits per heavy atom. The first-order valence-electron chi connectivity index (χ1n) is 3.95. The summed E-state index contributed by atoms with van der Waals surface area (Å²) >= 11 is 0. The second-order valence-electron chi connectivity index (χ2n) is 3.03. The summed E-state index contributed by atoms with van der Waals surface area (Å²) < 4.78 is 5.39. The Bertz CT molecular complexity index is 255. The van der Waals surface area contributed by atoms with E-state index in [0.29, 0.717) is 5.92 Å². The third-order valence-corrected chi connectivity index (χ3v) is 2.10. The van der Waals surface area contributed by atoms with Crippen molar-refractivity contribution in [1.82, 2.24) is 0 Å². The van der Waals surface area contributed by atoms with Gasteiger partial charge in [0.15, 0.2) is 0 Å². The van der Waals surface area contributed by atoms with Crippen LogP contribution in [0.3, 0.4) is 0 Å². The van der Waals surface area contributed by atoms with Crippen LogP contribution in [0.15, 0.2) is 18.2 Å². The van der Waals surface area contributed by atoms with Gasteiger partial charge in [0.05, 0.1) is 13.2 Å². The van der Waals surface area contributed by atoms with Crippen LogP contribution in [-0.4, -0.2) is 6.61 Å². The van der Waals surface area contributed by atoms with Crippen LogP contribution in [-0.2, 0) is 11.3 Å². The van der Waals surface area contributed by atoms with Gasteiger partial charge in [0.25, 0.3) is 0 Å². The number of hydrogen-bond acceptors (Lipinski definition) is 1. The maximum absolute atomic E-state index is 5.39. The topological polar surface area (TPSA) is 9.23 Å². The molecule has 1 aromatic rings. The van der Waals surface area contributed by atoms with Crippen LogP contribution in [0.25, 0.3) is 0 Å². The zero-order chi connectivity index (χ0) is 7.68. The summed E-state index contributed by atoms with van der Waals surface area (Å²) in [6.45, 7) is 3.78. The standard InChI is InChI=1S/C10H11O/c1-8-6-11-7-9-4-2-3-5-10(8)9/h2-4,8H,6-7H2,1H3. The molecule has 11 heavy (non-hydrogen) atoms. The quantitative estimate of drug-likeness (QED) is 0.546. The monoisotopic (exact) mass is 147 g/mol. The Labute approximate surface area is 67.0 Å². The van der Waals surface area contributed by atoms with E-state index in [4.69, 9.17) is 4.74 Å². The molecule has 1 aliphatic heterocycles. The van der Waals surface area contributed by atoms with Crippen LogP contribution in [0.2, 0.25) is 0 Å².